The van der Waals surface area contributed by atoms with E-state index >= 15 is 0 Å². The maximum absolute atomic E-state index is 14.6. The van der Waals surface area contributed by atoms with Gasteiger partial charge in [0.25, 0.3) is 11.5 Å². The number of imidazole rings is 1. The second kappa shape index (κ2) is 26.3. The molecule has 418 valence electrons. The molecule has 80 heavy (non-hydrogen) atoms. The average molecular weight is 1120 g/mol. The monoisotopic (exact) mass is 1120 g/mol. The third-order valence-corrected chi connectivity index (χ3v) is 13.9. The maximum Gasteiger partial charge on any atom is 0.530 e. The van der Waals surface area contributed by atoms with Crippen LogP contribution in [-0.2, 0) is 62.9 Å². The van der Waals surface area contributed by atoms with E-state index in [4.69, 9.17) is 42.0 Å². The van der Waals surface area contributed by atoms with Crippen molar-refractivity contribution in [2.75, 3.05) is 38.4 Å². The van der Waals surface area contributed by atoms with Crippen LogP contribution in [0.25, 0.3) is 22.3 Å². The van der Waals surface area contributed by atoms with Gasteiger partial charge in [-0.05, 0) is 52.1 Å². The summed E-state index contributed by atoms with van der Waals surface area (Å²) >= 11 is 0. The summed E-state index contributed by atoms with van der Waals surface area (Å²) in [5, 5.41) is 14.5. The van der Waals surface area contributed by atoms with Crippen molar-refractivity contribution >= 4 is 54.8 Å². The highest BCUT2D eigenvalue weighted by Gasteiger charge is 2.52. The Bertz CT molecular complexity index is 3320. The number of H-pyrrole nitrogens is 1. The molecule has 2 aliphatic rings. The molecule has 8 rings (SSSR count). The third-order valence-electron chi connectivity index (χ3n) is 12.5. The number of alkyl carbamates (subject to hydrolysis) is 1. The Balaban J connectivity index is 0.994. The topological polar surface area (TPSA) is 297 Å². The Kier molecular flexibility index (Phi) is 18.9. The molecule has 2 amide bonds. The first-order valence-electron chi connectivity index (χ1n) is 25.5. The fourth-order valence-electron chi connectivity index (χ4n) is 8.61. The van der Waals surface area contributed by atoms with E-state index in [9.17, 15) is 38.6 Å². The highest BCUT2D eigenvalue weighted by atomic mass is 31.2. The first kappa shape index (κ1) is 57.5. The number of ether oxygens (including phenoxy) is 6. The molecule has 3 heterocycles. The minimum Gasteiger partial charge on any atom is -0.484 e. The fraction of sp³-hybridized carbons (Fsp3) is 0.339. The smallest absolute Gasteiger partial charge is 0.484 e. The van der Waals surface area contributed by atoms with Crippen molar-refractivity contribution in [3.63, 3.8) is 0 Å². The minimum absolute atomic E-state index is 0.000204. The average Bonchev–Trinajstić information content (AvgIpc) is 4.18. The van der Waals surface area contributed by atoms with Gasteiger partial charge >= 0.3 is 31.8 Å². The summed E-state index contributed by atoms with van der Waals surface area (Å²) in [6.07, 6.45) is -4.44. The number of hydrogen-bond donors (Lipinski definition) is 3. The lowest BCUT2D eigenvalue weighted by atomic mass is 9.98. The number of amides is 2. The second-order valence-corrected chi connectivity index (χ2v) is 20.5. The molecular weight excluding hydrogens is 1060 g/mol. The Morgan fingerprint density at radius 3 is 2.12 bits per heavy atom. The standard InChI is InChI=1S/C56H58N7O16P/c1-6-26-71-54(68)43(59-56(69)73-29-42-40-19-12-10-17-38(40)39-18-11-13-20-41(39)42)28-35-21-23-37(24-22-35)79-80(70,74-27-14-25-57)75-30-44-47(77-52(66)33(2)3)48(78-53(67)34(4)5)51(76-44)63-32-58-46-49(63)61-55(62-50(46)65)60-45(64)31-72-36-15-8-7-9-16-36/h6-13,15-24,32-34,42-44,47-48,51H,1,14,26-31H2,2-5H3,(H,59,69)(H2,60,61,62,64,65)/t43-,44+,47+,48+,51+,80?/m0/s1. The number of para-hydroxylation sites is 1. The number of esters is 3. The van der Waals surface area contributed by atoms with Crippen molar-refractivity contribution in [2.45, 2.75) is 77.0 Å². The molecule has 3 N–H and O–H groups in total. The van der Waals surface area contributed by atoms with E-state index in [0.717, 1.165) is 22.3 Å². The van der Waals surface area contributed by atoms with Crippen LogP contribution in [0.15, 0.2) is 127 Å². The summed E-state index contributed by atoms with van der Waals surface area (Å²) in [5.41, 5.74) is 3.49. The van der Waals surface area contributed by atoms with E-state index in [0.29, 0.717) is 11.3 Å². The van der Waals surface area contributed by atoms with Crippen LogP contribution in [0.5, 0.6) is 11.5 Å². The Hall–Kier alpha value is -8.68. The molecule has 0 radical (unpaired) electrons. The number of nitrogens with zero attached hydrogens (tertiary/aromatic N) is 4. The van der Waals surface area contributed by atoms with Crippen LogP contribution in [0.4, 0.5) is 10.7 Å². The number of aromatic amines is 1. The molecule has 6 atom stereocenters. The molecule has 1 unspecified atom stereocenters. The Labute approximate surface area is 459 Å². The fourth-order valence-corrected chi connectivity index (χ4v) is 9.81. The van der Waals surface area contributed by atoms with E-state index in [1.807, 2.05) is 54.6 Å². The molecule has 24 heteroatoms. The van der Waals surface area contributed by atoms with E-state index < -0.39 is 106 Å². The molecule has 1 aliphatic carbocycles. The predicted molar refractivity (Wildman–Crippen MR) is 286 cm³/mol. The van der Waals surface area contributed by atoms with Gasteiger partial charge in [0.15, 0.2) is 36.2 Å². The lowest BCUT2D eigenvalue weighted by molar-refractivity contribution is -0.172. The number of rotatable bonds is 25. The summed E-state index contributed by atoms with van der Waals surface area (Å²) in [5.74, 6) is -4.46. The molecule has 1 saturated heterocycles. The molecule has 1 aliphatic heterocycles. The van der Waals surface area contributed by atoms with Crippen LogP contribution >= 0.6 is 7.82 Å². The number of phosphoric ester groups is 1. The number of nitrogens with one attached hydrogen (secondary N) is 3. The zero-order chi connectivity index (χ0) is 56.9. The second-order valence-electron chi connectivity index (χ2n) is 18.9. The molecule has 0 bridgehead atoms. The van der Waals surface area contributed by atoms with Gasteiger partial charge < -0.3 is 38.3 Å². The van der Waals surface area contributed by atoms with Crippen molar-refractivity contribution in [2.24, 2.45) is 11.8 Å². The zero-order valence-corrected chi connectivity index (χ0v) is 44.9. The van der Waals surface area contributed by atoms with Crippen molar-refractivity contribution in [1.29, 1.82) is 5.26 Å². The van der Waals surface area contributed by atoms with Gasteiger partial charge in [0.05, 0.1) is 43.9 Å². The summed E-state index contributed by atoms with van der Waals surface area (Å²) in [7, 11) is -4.75. The van der Waals surface area contributed by atoms with Crippen molar-refractivity contribution in [3.8, 4) is 28.7 Å². The summed E-state index contributed by atoms with van der Waals surface area (Å²) in [6.45, 7) is 8.19. The first-order valence-corrected chi connectivity index (χ1v) is 26.9. The van der Waals surface area contributed by atoms with Gasteiger partial charge in [0.2, 0.25) is 5.95 Å². The SMILES string of the molecule is C=CCOC(=O)[C@H](Cc1ccc(OP(=O)(OCCC#N)OC[C@H]2O[C@@H](n3cnc4c(=O)[nH]c(NC(=O)COc5ccccc5)nc43)[C@H](OC(=O)C(C)C)[C@@H]2OC(=O)C(C)C)cc1)NC(=O)OCC1c2ccccc2-c2ccccc21. The predicted octanol–water partition coefficient (Wildman–Crippen LogP) is 7.48. The number of anilines is 1. The van der Waals surface area contributed by atoms with Gasteiger partial charge in [-0.3, -0.25) is 43.1 Å². The van der Waals surface area contributed by atoms with Crippen LogP contribution in [-0.4, -0.2) is 107 Å². The van der Waals surface area contributed by atoms with Gasteiger partial charge in [-0.1, -0.05) is 119 Å². The lowest BCUT2D eigenvalue weighted by Crippen LogP contribution is -2.44. The third kappa shape index (κ3) is 14.1. The quantitative estimate of drug-likeness (QED) is 0.0164. The van der Waals surface area contributed by atoms with Gasteiger partial charge in [-0.2, -0.15) is 10.2 Å². The van der Waals surface area contributed by atoms with E-state index in [1.165, 1.54) is 41.2 Å². The molecule has 1 fully saturated rings. The number of carbonyl (C=O) groups is 5. The summed E-state index contributed by atoms with van der Waals surface area (Å²) < 4.78 is 68.0. The number of phosphoric acid groups is 1. The van der Waals surface area contributed by atoms with Crippen LogP contribution in [0.1, 0.15) is 63.0 Å². The Morgan fingerprint density at radius 1 is 0.825 bits per heavy atom. The number of nitriles is 1. The number of carbonyl (C=O) groups excluding carboxylic acids is 5. The van der Waals surface area contributed by atoms with Crippen LogP contribution in [0.2, 0.25) is 0 Å². The number of aromatic nitrogens is 4. The zero-order valence-electron chi connectivity index (χ0n) is 44.0. The van der Waals surface area contributed by atoms with E-state index in [1.54, 1.807) is 58.0 Å². The number of benzene rings is 4. The summed E-state index contributed by atoms with van der Waals surface area (Å²) in [6, 6.07) is 30.8. The van der Waals surface area contributed by atoms with Gasteiger partial charge in [-0.25, -0.2) is 19.1 Å². The molecule has 4 aromatic carbocycles. The van der Waals surface area contributed by atoms with E-state index in [2.05, 4.69) is 32.2 Å². The van der Waals surface area contributed by atoms with Crippen LogP contribution < -0.4 is 25.5 Å². The highest BCUT2D eigenvalue weighted by molar-refractivity contribution is 7.48. The molecule has 6 aromatic rings. The highest BCUT2D eigenvalue weighted by Crippen LogP contribution is 2.51. The molecule has 0 saturated carbocycles. The van der Waals surface area contributed by atoms with Gasteiger partial charge in [0, 0.05) is 12.3 Å². The van der Waals surface area contributed by atoms with E-state index in [-0.39, 0.29) is 54.8 Å². The normalized spacial score (nSPS) is 17.5. The Morgan fingerprint density at radius 2 is 1.48 bits per heavy atom. The number of fused-ring (bicyclic) bond motifs is 4. The van der Waals surface area contributed by atoms with Crippen molar-refractivity contribution < 1.29 is 70.5 Å². The lowest BCUT2D eigenvalue weighted by Gasteiger charge is -2.26. The number of hydrogen-bond acceptors (Lipinski definition) is 19. The minimum atomic E-state index is -4.75. The first-order chi connectivity index (χ1) is 38.5. The maximum atomic E-state index is 14.6. The van der Waals surface area contributed by atoms with Crippen LogP contribution in [0.3, 0.4) is 0 Å². The van der Waals surface area contributed by atoms with Gasteiger partial charge in [0.1, 0.15) is 36.9 Å². The van der Waals surface area contributed by atoms with Crippen molar-refractivity contribution in [1.82, 2.24) is 24.8 Å². The molecule has 23 nitrogen and oxygen atoms in total. The molecule has 0 spiro atoms. The largest absolute Gasteiger partial charge is 0.530 e. The molecule has 2 aromatic heterocycles. The van der Waals surface area contributed by atoms with Gasteiger partial charge in [-0.15, -0.1) is 0 Å². The molecular formula is C56H58N7O16P. The van der Waals surface area contributed by atoms with Crippen LogP contribution in [0, 0.1) is 23.2 Å². The summed E-state index contributed by atoms with van der Waals surface area (Å²) in [4.78, 5) is 90.8. The van der Waals surface area contributed by atoms with Crippen molar-refractivity contribution in [3.05, 3.63) is 149 Å².